The Morgan fingerprint density at radius 3 is 2.27 bits per heavy atom. The highest BCUT2D eigenvalue weighted by Gasteiger charge is 2.56. The zero-order valence-electron chi connectivity index (χ0n) is 13.5. The molecule has 1 aromatic rings. The van der Waals surface area contributed by atoms with E-state index in [0.717, 1.165) is 31.5 Å². The van der Waals surface area contributed by atoms with Crippen LogP contribution in [0.4, 0.5) is 4.79 Å². The lowest BCUT2D eigenvalue weighted by Gasteiger charge is -2.58. The Morgan fingerprint density at radius 1 is 1.14 bits per heavy atom. The van der Waals surface area contributed by atoms with Gasteiger partial charge in [-0.3, -0.25) is 4.79 Å². The smallest absolute Gasteiger partial charge is 0.410 e. The molecule has 1 aliphatic heterocycles. The number of nitrogens with zero attached hydrogens (tertiary/aromatic N) is 1. The van der Waals surface area contributed by atoms with Crippen LogP contribution in [0.15, 0.2) is 30.3 Å². The maximum Gasteiger partial charge on any atom is 0.410 e. The maximum absolute atomic E-state index is 12.4. The number of benzene rings is 1. The SMILES string of the molecule is CC(C)(C)OC(=O)N1CC2(CC(C(=O)c3ccccc3)C2)C1. The Morgan fingerprint density at radius 2 is 1.73 bits per heavy atom. The van der Waals surface area contributed by atoms with E-state index < -0.39 is 5.60 Å². The molecule has 4 heteroatoms. The number of rotatable bonds is 2. The summed E-state index contributed by atoms with van der Waals surface area (Å²) in [6.07, 6.45) is 1.54. The molecular formula is C18H23NO3. The van der Waals surface area contributed by atoms with Crippen LogP contribution in [0, 0.1) is 11.3 Å². The lowest BCUT2D eigenvalue weighted by atomic mass is 9.56. The molecule has 0 N–H and O–H groups in total. The normalized spacial score (nSPS) is 20.2. The van der Waals surface area contributed by atoms with Gasteiger partial charge in [-0.1, -0.05) is 30.3 Å². The number of likely N-dealkylation sites (tertiary alicyclic amines) is 1. The van der Waals surface area contributed by atoms with Gasteiger partial charge in [-0.25, -0.2) is 4.79 Å². The highest BCUT2D eigenvalue weighted by atomic mass is 16.6. The van der Waals surface area contributed by atoms with Gasteiger partial charge in [0.2, 0.25) is 0 Å². The third-order valence-corrected chi connectivity index (χ3v) is 4.49. The number of hydrogen-bond donors (Lipinski definition) is 0. The van der Waals surface area contributed by atoms with E-state index in [9.17, 15) is 9.59 Å². The zero-order chi connectivity index (χ0) is 16.0. The van der Waals surface area contributed by atoms with Crippen LogP contribution in [-0.2, 0) is 4.74 Å². The molecule has 0 aromatic heterocycles. The van der Waals surface area contributed by atoms with Crippen molar-refractivity contribution < 1.29 is 14.3 Å². The highest BCUT2D eigenvalue weighted by Crippen LogP contribution is 2.53. The molecule has 1 aliphatic carbocycles. The van der Waals surface area contributed by atoms with Crippen molar-refractivity contribution in [2.75, 3.05) is 13.1 Å². The van der Waals surface area contributed by atoms with E-state index >= 15 is 0 Å². The monoisotopic (exact) mass is 301 g/mol. The second-order valence-electron chi connectivity index (χ2n) is 7.67. The van der Waals surface area contributed by atoms with Crippen LogP contribution >= 0.6 is 0 Å². The lowest BCUT2D eigenvalue weighted by Crippen LogP contribution is -2.65. The summed E-state index contributed by atoms with van der Waals surface area (Å²) in [7, 11) is 0. The van der Waals surface area contributed by atoms with Crippen LogP contribution in [0.25, 0.3) is 0 Å². The standard InChI is InChI=1S/C18H23NO3/c1-17(2,3)22-16(21)19-11-18(12-19)9-14(10-18)15(20)13-7-5-4-6-8-13/h4-8,14H,9-12H2,1-3H3. The number of amides is 1. The molecule has 1 heterocycles. The van der Waals surface area contributed by atoms with Crippen LogP contribution in [0.5, 0.6) is 0 Å². The molecule has 118 valence electrons. The van der Waals surface area contributed by atoms with Gasteiger partial charge in [-0.15, -0.1) is 0 Å². The predicted molar refractivity (Wildman–Crippen MR) is 83.7 cm³/mol. The van der Waals surface area contributed by atoms with Crippen LogP contribution < -0.4 is 0 Å². The fourth-order valence-electron chi connectivity index (χ4n) is 3.49. The van der Waals surface area contributed by atoms with Gasteiger partial charge < -0.3 is 9.64 Å². The van der Waals surface area contributed by atoms with Crippen molar-refractivity contribution in [3.8, 4) is 0 Å². The van der Waals surface area contributed by atoms with Gasteiger partial charge in [0.1, 0.15) is 5.60 Å². The molecule has 0 unspecified atom stereocenters. The van der Waals surface area contributed by atoms with Crippen LogP contribution in [0.1, 0.15) is 44.0 Å². The van der Waals surface area contributed by atoms with Crippen molar-refractivity contribution >= 4 is 11.9 Å². The van der Waals surface area contributed by atoms with Gasteiger partial charge >= 0.3 is 6.09 Å². The summed E-state index contributed by atoms with van der Waals surface area (Å²) in [5.74, 6) is 0.352. The van der Waals surface area contributed by atoms with Crippen molar-refractivity contribution in [1.82, 2.24) is 4.90 Å². The lowest BCUT2D eigenvalue weighted by molar-refractivity contribution is -0.0865. The van der Waals surface area contributed by atoms with Gasteiger partial charge in [0.05, 0.1) is 0 Å². The van der Waals surface area contributed by atoms with Gasteiger partial charge in [0.25, 0.3) is 0 Å². The molecule has 0 radical (unpaired) electrons. The average Bonchev–Trinajstić information content (AvgIpc) is 2.34. The highest BCUT2D eigenvalue weighted by molar-refractivity contribution is 5.98. The van der Waals surface area contributed by atoms with E-state index in [1.165, 1.54) is 0 Å². The zero-order valence-corrected chi connectivity index (χ0v) is 13.5. The summed E-state index contributed by atoms with van der Waals surface area (Å²) < 4.78 is 5.37. The van der Waals surface area contributed by atoms with E-state index in [1.807, 2.05) is 51.1 Å². The average molecular weight is 301 g/mol. The third-order valence-electron chi connectivity index (χ3n) is 4.49. The molecular weight excluding hydrogens is 278 g/mol. The second kappa shape index (κ2) is 5.11. The first-order valence-corrected chi connectivity index (χ1v) is 7.85. The molecule has 22 heavy (non-hydrogen) atoms. The molecule has 2 aliphatic rings. The van der Waals surface area contributed by atoms with Crippen molar-refractivity contribution in [2.45, 2.75) is 39.2 Å². The summed E-state index contributed by atoms with van der Waals surface area (Å²) in [5, 5.41) is 0. The fraction of sp³-hybridized carbons (Fsp3) is 0.556. The number of ketones is 1. The largest absolute Gasteiger partial charge is 0.444 e. The number of ether oxygens (including phenoxy) is 1. The molecule has 1 spiro atoms. The van der Waals surface area contributed by atoms with E-state index in [1.54, 1.807) is 4.90 Å². The van der Waals surface area contributed by atoms with Gasteiger partial charge in [0, 0.05) is 30.0 Å². The van der Waals surface area contributed by atoms with Gasteiger partial charge in [0.15, 0.2) is 5.78 Å². The summed E-state index contributed by atoms with van der Waals surface area (Å²) in [4.78, 5) is 26.0. The summed E-state index contributed by atoms with van der Waals surface area (Å²) >= 11 is 0. The van der Waals surface area contributed by atoms with Crippen molar-refractivity contribution in [3.05, 3.63) is 35.9 Å². The second-order valence-corrected chi connectivity index (χ2v) is 7.67. The Hall–Kier alpha value is -1.84. The Kier molecular flexibility index (Phi) is 3.50. The molecule has 2 fully saturated rings. The first-order valence-electron chi connectivity index (χ1n) is 7.85. The first-order chi connectivity index (χ1) is 10.3. The molecule has 4 nitrogen and oxygen atoms in total. The maximum atomic E-state index is 12.4. The summed E-state index contributed by atoms with van der Waals surface area (Å²) in [6.45, 7) is 7.07. The Bertz CT molecular complexity index is 574. The van der Waals surface area contributed by atoms with E-state index in [4.69, 9.17) is 4.74 Å². The van der Waals surface area contributed by atoms with Crippen LogP contribution in [0.3, 0.4) is 0 Å². The Labute approximate surface area is 131 Å². The molecule has 1 saturated heterocycles. The Balaban J connectivity index is 1.49. The van der Waals surface area contributed by atoms with Gasteiger partial charge in [-0.05, 0) is 33.6 Å². The third kappa shape index (κ3) is 2.87. The van der Waals surface area contributed by atoms with E-state index in [2.05, 4.69) is 0 Å². The van der Waals surface area contributed by atoms with Gasteiger partial charge in [-0.2, -0.15) is 0 Å². The molecule has 1 aromatic carbocycles. The van der Waals surface area contributed by atoms with Crippen LogP contribution in [-0.4, -0.2) is 35.5 Å². The van der Waals surface area contributed by atoms with E-state index in [-0.39, 0.29) is 23.2 Å². The molecule has 1 amide bonds. The number of hydrogen-bond acceptors (Lipinski definition) is 3. The fourth-order valence-corrected chi connectivity index (χ4v) is 3.49. The first kappa shape index (κ1) is 15.1. The minimum atomic E-state index is -0.453. The number of carbonyl (C=O) groups excluding carboxylic acids is 2. The molecule has 3 rings (SSSR count). The van der Waals surface area contributed by atoms with E-state index in [0.29, 0.717) is 0 Å². The van der Waals surface area contributed by atoms with Crippen molar-refractivity contribution in [3.63, 3.8) is 0 Å². The number of carbonyl (C=O) groups is 2. The number of Topliss-reactive ketones (excluding diaryl/α,β-unsaturated/α-hetero) is 1. The minimum Gasteiger partial charge on any atom is -0.444 e. The topological polar surface area (TPSA) is 46.6 Å². The molecule has 0 atom stereocenters. The quantitative estimate of drug-likeness (QED) is 0.785. The predicted octanol–water partition coefficient (Wildman–Crippen LogP) is 3.52. The molecule has 0 bridgehead atoms. The minimum absolute atomic E-state index is 0.114. The van der Waals surface area contributed by atoms with Crippen molar-refractivity contribution in [2.24, 2.45) is 11.3 Å². The molecule has 1 saturated carbocycles. The van der Waals surface area contributed by atoms with Crippen molar-refractivity contribution in [1.29, 1.82) is 0 Å². The summed E-state index contributed by atoms with van der Waals surface area (Å²) in [6, 6.07) is 9.47. The summed E-state index contributed by atoms with van der Waals surface area (Å²) in [5.41, 5.74) is 0.503. The van der Waals surface area contributed by atoms with Crippen LogP contribution in [0.2, 0.25) is 0 Å².